The van der Waals surface area contributed by atoms with Crippen LogP contribution in [0.5, 0.6) is 5.75 Å². The Balaban J connectivity index is 1.65. The third-order valence-electron chi connectivity index (χ3n) is 5.15. The van der Waals surface area contributed by atoms with Crippen molar-refractivity contribution in [3.05, 3.63) is 46.2 Å². The number of methoxy groups -OCH3 is 1. The lowest BCUT2D eigenvalue weighted by molar-refractivity contribution is 0.0725. The second-order valence-corrected chi connectivity index (χ2v) is 10.1. The van der Waals surface area contributed by atoms with Gasteiger partial charge in [-0.05, 0) is 42.5 Å². The van der Waals surface area contributed by atoms with Gasteiger partial charge in [0, 0.05) is 29.6 Å². The molecule has 7 nitrogen and oxygen atoms in total. The summed E-state index contributed by atoms with van der Waals surface area (Å²) in [5, 5.41) is 1.99. The Morgan fingerprint density at radius 2 is 2.03 bits per heavy atom. The van der Waals surface area contributed by atoms with Crippen molar-refractivity contribution >= 4 is 27.3 Å². The highest BCUT2D eigenvalue weighted by Gasteiger charge is 2.35. The van der Waals surface area contributed by atoms with Crippen LogP contribution in [0.3, 0.4) is 0 Å². The van der Waals surface area contributed by atoms with Crippen molar-refractivity contribution in [1.29, 1.82) is 0 Å². The second kappa shape index (κ2) is 8.43. The van der Waals surface area contributed by atoms with Gasteiger partial charge in [-0.2, -0.15) is 4.31 Å². The molecule has 0 N–H and O–H groups in total. The topological polar surface area (TPSA) is 76.2 Å². The molecule has 2 heterocycles. The van der Waals surface area contributed by atoms with E-state index >= 15 is 0 Å². The van der Waals surface area contributed by atoms with Crippen LogP contribution in [0.15, 0.2) is 40.6 Å². The molecule has 1 aliphatic heterocycles. The fourth-order valence-corrected chi connectivity index (χ4v) is 5.72. The van der Waals surface area contributed by atoms with Gasteiger partial charge in [0.25, 0.3) is 5.91 Å². The maximum atomic E-state index is 13.3. The van der Waals surface area contributed by atoms with E-state index in [0.29, 0.717) is 25.3 Å². The molecule has 0 unspecified atom stereocenters. The highest BCUT2D eigenvalue weighted by Crippen LogP contribution is 2.33. The summed E-state index contributed by atoms with van der Waals surface area (Å²) in [5.41, 5.74) is 0.362. The van der Waals surface area contributed by atoms with Gasteiger partial charge in [0.15, 0.2) is 0 Å². The quantitative estimate of drug-likeness (QED) is 0.667. The van der Waals surface area contributed by atoms with Crippen LogP contribution in [0, 0.1) is 0 Å². The standard InChI is InChI=1S/C20H24N2O5S2/c1-26-18-7-4-15(13-19(18)29(24,25)21-8-10-27-11-9-21)20(23)22(16-5-6-16)14-17-3-2-12-28-17/h2-4,7,12-13,16H,5-6,8-11,14H2,1H3. The van der Waals surface area contributed by atoms with Crippen LogP contribution in [-0.4, -0.2) is 63.0 Å². The molecular formula is C20H24N2O5S2. The van der Waals surface area contributed by atoms with Crippen molar-refractivity contribution in [2.75, 3.05) is 33.4 Å². The zero-order valence-electron chi connectivity index (χ0n) is 16.2. The van der Waals surface area contributed by atoms with Gasteiger partial charge in [-0.3, -0.25) is 4.79 Å². The summed E-state index contributed by atoms with van der Waals surface area (Å²) in [4.78, 5) is 16.3. The molecule has 2 aromatic rings. The molecule has 1 aromatic carbocycles. The third-order valence-corrected chi connectivity index (χ3v) is 7.93. The van der Waals surface area contributed by atoms with E-state index in [9.17, 15) is 13.2 Å². The van der Waals surface area contributed by atoms with Gasteiger partial charge in [-0.25, -0.2) is 8.42 Å². The van der Waals surface area contributed by atoms with Crippen molar-refractivity contribution in [3.63, 3.8) is 0 Å². The van der Waals surface area contributed by atoms with E-state index in [-0.39, 0.29) is 35.7 Å². The number of carbonyl (C=O) groups excluding carboxylic acids is 1. The predicted octanol–water partition coefficient (Wildman–Crippen LogP) is 2.58. The Morgan fingerprint density at radius 1 is 1.28 bits per heavy atom. The Bertz CT molecular complexity index is 965. The first-order valence-electron chi connectivity index (χ1n) is 9.60. The summed E-state index contributed by atoms with van der Waals surface area (Å²) in [6, 6.07) is 8.85. The van der Waals surface area contributed by atoms with Crippen molar-refractivity contribution in [3.8, 4) is 5.75 Å². The lowest BCUT2D eigenvalue weighted by atomic mass is 10.2. The third kappa shape index (κ3) is 4.32. The Kier molecular flexibility index (Phi) is 5.91. The van der Waals surface area contributed by atoms with E-state index in [1.165, 1.54) is 17.5 Å². The monoisotopic (exact) mass is 436 g/mol. The number of hydrogen-bond acceptors (Lipinski definition) is 6. The average Bonchev–Trinajstić information content (AvgIpc) is 3.47. The van der Waals surface area contributed by atoms with Gasteiger partial charge in [-0.1, -0.05) is 6.07 Å². The fourth-order valence-electron chi connectivity index (χ4n) is 3.43. The average molecular weight is 437 g/mol. The number of amides is 1. The van der Waals surface area contributed by atoms with Crippen LogP contribution in [0.1, 0.15) is 28.1 Å². The van der Waals surface area contributed by atoms with E-state index in [4.69, 9.17) is 9.47 Å². The highest BCUT2D eigenvalue weighted by atomic mass is 32.2. The number of hydrogen-bond donors (Lipinski definition) is 0. The largest absolute Gasteiger partial charge is 0.495 e. The number of nitrogens with zero attached hydrogens (tertiary/aromatic N) is 2. The number of morpholine rings is 1. The second-order valence-electron chi connectivity index (χ2n) is 7.13. The first-order chi connectivity index (χ1) is 14.0. The molecule has 2 aliphatic rings. The van der Waals surface area contributed by atoms with Crippen molar-refractivity contribution in [2.24, 2.45) is 0 Å². The van der Waals surface area contributed by atoms with Gasteiger partial charge in [-0.15, -0.1) is 11.3 Å². The van der Waals surface area contributed by atoms with Gasteiger partial charge in [0.1, 0.15) is 10.6 Å². The number of rotatable bonds is 7. The molecule has 0 radical (unpaired) electrons. The summed E-state index contributed by atoms with van der Waals surface area (Å²) < 4.78 is 38.3. The molecule has 0 spiro atoms. The van der Waals surface area contributed by atoms with E-state index in [2.05, 4.69) is 0 Å². The highest BCUT2D eigenvalue weighted by molar-refractivity contribution is 7.89. The molecule has 29 heavy (non-hydrogen) atoms. The summed E-state index contributed by atoms with van der Waals surface area (Å²) in [6.07, 6.45) is 1.96. The number of thiophene rings is 1. The Hall–Kier alpha value is -1.94. The summed E-state index contributed by atoms with van der Waals surface area (Å²) in [6.45, 7) is 1.83. The zero-order chi connectivity index (χ0) is 20.4. The van der Waals surface area contributed by atoms with Crippen LogP contribution in [0.4, 0.5) is 0 Å². The minimum Gasteiger partial charge on any atom is -0.495 e. The minimum atomic E-state index is -3.78. The van der Waals surface area contributed by atoms with Crippen LogP contribution in [0.25, 0.3) is 0 Å². The van der Waals surface area contributed by atoms with E-state index in [1.807, 2.05) is 22.4 Å². The lowest BCUT2D eigenvalue weighted by Gasteiger charge is -2.27. The molecule has 156 valence electrons. The molecule has 1 saturated carbocycles. The molecule has 1 amide bonds. The molecule has 1 aromatic heterocycles. The fraction of sp³-hybridized carbons (Fsp3) is 0.450. The molecule has 1 aliphatic carbocycles. The van der Waals surface area contributed by atoms with Gasteiger partial charge in [0.2, 0.25) is 10.0 Å². The number of benzene rings is 1. The van der Waals surface area contributed by atoms with Crippen LogP contribution in [-0.2, 0) is 21.3 Å². The molecular weight excluding hydrogens is 412 g/mol. The minimum absolute atomic E-state index is 0.0274. The van der Waals surface area contributed by atoms with Crippen LogP contribution >= 0.6 is 11.3 Å². The molecule has 9 heteroatoms. The van der Waals surface area contributed by atoms with Crippen LogP contribution < -0.4 is 4.74 Å². The van der Waals surface area contributed by atoms with E-state index in [0.717, 1.165) is 17.7 Å². The van der Waals surface area contributed by atoms with Gasteiger partial charge >= 0.3 is 0 Å². The summed E-state index contributed by atoms with van der Waals surface area (Å²) in [7, 11) is -2.35. The van der Waals surface area contributed by atoms with E-state index < -0.39 is 10.0 Å². The predicted molar refractivity (Wildman–Crippen MR) is 110 cm³/mol. The number of sulfonamides is 1. The summed E-state index contributed by atoms with van der Waals surface area (Å²) >= 11 is 1.61. The number of ether oxygens (including phenoxy) is 2. The Morgan fingerprint density at radius 3 is 2.66 bits per heavy atom. The normalized spacial score (nSPS) is 17.8. The first-order valence-corrected chi connectivity index (χ1v) is 11.9. The molecule has 2 fully saturated rings. The number of carbonyl (C=O) groups is 1. The van der Waals surface area contributed by atoms with E-state index in [1.54, 1.807) is 23.5 Å². The smallest absolute Gasteiger partial charge is 0.254 e. The van der Waals surface area contributed by atoms with Crippen molar-refractivity contribution in [2.45, 2.75) is 30.3 Å². The molecule has 0 atom stereocenters. The van der Waals surface area contributed by atoms with Crippen molar-refractivity contribution in [1.82, 2.24) is 9.21 Å². The first kappa shape index (κ1) is 20.3. The zero-order valence-corrected chi connectivity index (χ0v) is 17.9. The lowest BCUT2D eigenvalue weighted by Crippen LogP contribution is -2.40. The molecule has 0 bridgehead atoms. The molecule has 4 rings (SSSR count). The van der Waals surface area contributed by atoms with Gasteiger partial charge < -0.3 is 14.4 Å². The molecule has 1 saturated heterocycles. The van der Waals surface area contributed by atoms with Crippen molar-refractivity contribution < 1.29 is 22.7 Å². The summed E-state index contributed by atoms with van der Waals surface area (Å²) in [5.74, 6) is 0.0891. The van der Waals surface area contributed by atoms with Gasteiger partial charge in [0.05, 0.1) is 26.9 Å². The SMILES string of the molecule is COc1ccc(C(=O)N(Cc2cccs2)C2CC2)cc1S(=O)(=O)N1CCOCC1. The maximum absolute atomic E-state index is 13.3. The maximum Gasteiger partial charge on any atom is 0.254 e. The van der Waals surface area contributed by atoms with Crippen LogP contribution in [0.2, 0.25) is 0 Å². The Labute approximate surface area is 174 Å².